The largest absolute Gasteiger partial charge is 0.493 e. The third-order valence-corrected chi connectivity index (χ3v) is 9.44. The summed E-state index contributed by atoms with van der Waals surface area (Å²) in [5, 5.41) is 39.0. The van der Waals surface area contributed by atoms with Crippen LogP contribution in [0.3, 0.4) is 0 Å². The zero-order valence-corrected chi connectivity index (χ0v) is 25.9. The minimum atomic E-state index is -2.99. The molecular weight excluding hydrogens is 664 g/mol. The first-order valence-electron chi connectivity index (χ1n) is 14.5. The van der Waals surface area contributed by atoms with E-state index in [1.807, 2.05) is 0 Å². The van der Waals surface area contributed by atoms with E-state index in [0.717, 1.165) is 18.2 Å². The molecule has 0 spiro atoms. The summed E-state index contributed by atoms with van der Waals surface area (Å²) in [6.45, 7) is 0.197. The highest BCUT2D eigenvalue weighted by molar-refractivity contribution is 7.89. The van der Waals surface area contributed by atoms with Gasteiger partial charge in [-0.2, -0.15) is 4.39 Å². The number of nitrogens with zero attached hydrogens (tertiary/aromatic N) is 1. The summed E-state index contributed by atoms with van der Waals surface area (Å²) in [7, 11) is 13.4. The van der Waals surface area contributed by atoms with Gasteiger partial charge >= 0.3 is 5.97 Å². The number of aliphatic hydroxyl groups is 3. The van der Waals surface area contributed by atoms with Crippen LogP contribution in [0.2, 0.25) is 0 Å². The molecule has 3 heterocycles. The fourth-order valence-corrected chi connectivity index (χ4v) is 6.74. The summed E-state index contributed by atoms with van der Waals surface area (Å²) in [6, 6.07) is 9.46. The number of imidazole rings is 1. The number of nitrogens with one attached hydrogen (secondary N) is 2. The second kappa shape index (κ2) is 12.7. The molecule has 0 aliphatic carbocycles. The van der Waals surface area contributed by atoms with Crippen molar-refractivity contribution >= 4 is 51.2 Å². The van der Waals surface area contributed by atoms with Gasteiger partial charge in [0.1, 0.15) is 50.4 Å². The Hall–Kier alpha value is -4.51. The molecule has 3 aromatic carbocycles. The molecule has 0 fully saturated rings. The Morgan fingerprint density at radius 2 is 1.88 bits per heavy atom. The van der Waals surface area contributed by atoms with E-state index in [1.54, 1.807) is 18.2 Å². The topological polar surface area (TPSA) is 178 Å². The fourth-order valence-electron chi connectivity index (χ4n) is 5.74. The first-order valence-corrected chi connectivity index (χ1v) is 15.6. The van der Waals surface area contributed by atoms with Gasteiger partial charge in [-0.3, -0.25) is 9.00 Å². The average molecular weight is 687 g/mol. The summed E-state index contributed by atoms with van der Waals surface area (Å²) in [6.07, 6.45) is 2.79. The van der Waals surface area contributed by atoms with Crippen LogP contribution >= 0.6 is 0 Å². The Morgan fingerprint density at radius 1 is 1.12 bits per heavy atom. The number of carboxylic acid groups (broad SMARTS) is 1. The molecule has 6 rings (SSSR count). The van der Waals surface area contributed by atoms with Crippen LogP contribution in [0.5, 0.6) is 17.2 Å². The van der Waals surface area contributed by atoms with Gasteiger partial charge < -0.3 is 39.9 Å². The predicted molar refractivity (Wildman–Crippen MR) is 171 cm³/mol. The third kappa shape index (κ3) is 6.48. The molecule has 2 aromatic heterocycles. The molecule has 246 valence electrons. The number of para-hydroxylation sites is 1. The molecule has 6 N–H and O–H groups in total. The van der Waals surface area contributed by atoms with Crippen LogP contribution < -0.4 is 9.47 Å². The minimum absolute atomic E-state index is 0.0244. The van der Waals surface area contributed by atoms with Crippen molar-refractivity contribution in [2.24, 2.45) is 5.92 Å². The first-order chi connectivity index (χ1) is 23.1. The van der Waals surface area contributed by atoms with E-state index >= 15 is 8.78 Å². The second-order valence-corrected chi connectivity index (χ2v) is 13.0. The summed E-state index contributed by atoms with van der Waals surface area (Å²) in [5.74, 6) is -8.16. The molecule has 3 unspecified atom stereocenters. The van der Waals surface area contributed by atoms with E-state index in [1.165, 1.54) is 18.5 Å². The lowest BCUT2D eigenvalue weighted by molar-refractivity contribution is -0.170. The molecule has 0 saturated carbocycles. The lowest BCUT2D eigenvalue weighted by atomic mass is 9.78. The molecule has 1 aliphatic rings. The normalized spacial score (nSPS) is 16.2. The number of aromatic amines is 2. The zero-order chi connectivity index (χ0) is 35.4. The SMILES string of the molecule is [B]C(O)(O)C(Cc1cccc2c1OCCC2c1cnc(-c2cc(Oc3c(F)c(F)c4[nH]ccc4c3S(=O)C([B])([B])O)ccc2F)[nH]1)C(=O)O. The van der Waals surface area contributed by atoms with Gasteiger partial charge in [0.05, 0.1) is 38.1 Å². The van der Waals surface area contributed by atoms with E-state index in [2.05, 4.69) is 15.0 Å². The summed E-state index contributed by atoms with van der Waals surface area (Å²) in [5.41, 5.74) is -2.00. The molecule has 5 aromatic rings. The average Bonchev–Trinajstić information content (AvgIpc) is 3.72. The van der Waals surface area contributed by atoms with Gasteiger partial charge in [-0.05, 0) is 42.7 Å². The predicted octanol–water partition coefficient (Wildman–Crippen LogP) is 2.78. The van der Waals surface area contributed by atoms with Crippen molar-refractivity contribution < 1.29 is 52.1 Å². The zero-order valence-electron chi connectivity index (χ0n) is 25.1. The molecule has 6 radical (unpaired) electrons. The van der Waals surface area contributed by atoms with Gasteiger partial charge in [-0.15, -0.1) is 0 Å². The van der Waals surface area contributed by atoms with E-state index in [0.29, 0.717) is 29.0 Å². The Morgan fingerprint density at radius 3 is 2.57 bits per heavy atom. The number of H-pyrrole nitrogens is 2. The number of carboxylic acids is 1. The number of halogens is 3. The number of carbonyl (C=O) groups is 1. The van der Waals surface area contributed by atoms with Crippen LogP contribution in [0.4, 0.5) is 13.2 Å². The highest BCUT2D eigenvalue weighted by Crippen LogP contribution is 2.43. The maximum Gasteiger partial charge on any atom is 0.311 e. The number of hydrogen-bond acceptors (Lipinski definition) is 8. The van der Waals surface area contributed by atoms with Crippen LogP contribution in [0.1, 0.15) is 29.2 Å². The quantitative estimate of drug-likeness (QED) is 0.0953. The van der Waals surface area contributed by atoms with Gasteiger partial charge in [0.25, 0.3) is 0 Å². The first kappa shape index (κ1) is 34.4. The monoisotopic (exact) mass is 687 g/mol. The van der Waals surface area contributed by atoms with Crippen molar-refractivity contribution in [1.29, 1.82) is 0 Å². The maximum absolute atomic E-state index is 15.4. The van der Waals surface area contributed by atoms with E-state index in [4.69, 9.17) is 33.0 Å². The summed E-state index contributed by atoms with van der Waals surface area (Å²) in [4.78, 5) is 21.0. The Balaban J connectivity index is 1.34. The molecule has 0 amide bonds. The van der Waals surface area contributed by atoms with Gasteiger partial charge in [-0.1, -0.05) is 18.2 Å². The number of rotatable bonds is 10. The van der Waals surface area contributed by atoms with Crippen LogP contribution in [0.25, 0.3) is 22.3 Å². The minimum Gasteiger partial charge on any atom is -0.493 e. The number of benzene rings is 3. The van der Waals surface area contributed by atoms with E-state index < -0.39 is 67.1 Å². The number of hydrogen-bond donors (Lipinski definition) is 6. The summed E-state index contributed by atoms with van der Waals surface area (Å²) >= 11 is 0. The van der Waals surface area contributed by atoms with Gasteiger partial charge in [0, 0.05) is 35.0 Å². The van der Waals surface area contributed by atoms with Gasteiger partial charge in [0.15, 0.2) is 19.4 Å². The molecule has 0 saturated heterocycles. The van der Waals surface area contributed by atoms with Crippen molar-refractivity contribution in [2.45, 2.75) is 34.1 Å². The highest BCUT2D eigenvalue weighted by Gasteiger charge is 2.37. The van der Waals surface area contributed by atoms with Crippen LogP contribution in [0, 0.1) is 23.4 Å². The molecular formula is C31H23B3F3N3O8S. The molecule has 49 heavy (non-hydrogen) atoms. The van der Waals surface area contributed by atoms with E-state index in [9.17, 15) is 33.8 Å². The Bertz CT molecular complexity index is 2120. The van der Waals surface area contributed by atoms with Crippen molar-refractivity contribution in [3.8, 4) is 28.6 Å². The molecule has 0 bridgehead atoms. The second-order valence-electron chi connectivity index (χ2n) is 11.4. The Labute approximate surface area is 282 Å². The van der Waals surface area contributed by atoms with Gasteiger partial charge in [0.2, 0.25) is 5.82 Å². The van der Waals surface area contributed by atoms with Crippen LogP contribution in [-0.4, -0.2) is 86.1 Å². The molecule has 11 nitrogen and oxygen atoms in total. The molecule has 18 heteroatoms. The number of aromatic nitrogens is 3. The molecule has 3 atom stereocenters. The fraction of sp³-hybridized carbons (Fsp3) is 0.226. The van der Waals surface area contributed by atoms with Crippen molar-refractivity contribution in [3.63, 3.8) is 0 Å². The number of aliphatic carboxylic acids is 1. The van der Waals surface area contributed by atoms with Crippen LogP contribution in [-0.2, 0) is 22.0 Å². The number of fused-ring (bicyclic) bond motifs is 2. The van der Waals surface area contributed by atoms with Crippen molar-refractivity contribution in [2.75, 3.05) is 6.61 Å². The molecule has 1 aliphatic heterocycles. The summed E-state index contributed by atoms with van der Waals surface area (Å²) < 4.78 is 67.2. The van der Waals surface area contributed by atoms with Gasteiger partial charge in [-0.25, -0.2) is 13.8 Å². The third-order valence-electron chi connectivity index (χ3n) is 8.07. The highest BCUT2D eigenvalue weighted by atomic mass is 32.2. The number of ether oxygens (including phenoxy) is 2. The van der Waals surface area contributed by atoms with Crippen LogP contribution in [0.15, 0.2) is 59.8 Å². The maximum atomic E-state index is 15.4. The standard InChI is InChI=1S/C31H23B3F3N3O8S/c32-30(43,44)19(29(41)42)10-13-2-1-3-16-15(7-9-47-25(13)16)21-12-39-28(40-21)18-11-14(4-5-20(18)35)48-26-23(37)22(36)24-17(6-8-38-24)27(26)49(46)31(33,34)45/h1-6,8,11-12,15,19,38,43-45H,7,9-10H2,(H,39,40)(H,41,42). The Kier molecular flexibility index (Phi) is 8.94. The van der Waals surface area contributed by atoms with Crippen molar-refractivity contribution in [1.82, 2.24) is 15.0 Å². The van der Waals surface area contributed by atoms with Crippen molar-refractivity contribution in [3.05, 3.63) is 89.1 Å². The lowest BCUT2D eigenvalue weighted by Gasteiger charge is -2.29. The van der Waals surface area contributed by atoms with E-state index in [-0.39, 0.29) is 41.1 Å². The lowest BCUT2D eigenvalue weighted by Crippen LogP contribution is -2.44. The smallest absolute Gasteiger partial charge is 0.311 e.